The van der Waals surface area contributed by atoms with Gasteiger partial charge in [0.05, 0.1) is 0 Å². The first-order valence-corrected chi connectivity index (χ1v) is 6.67. The lowest BCUT2D eigenvalue weighted by Gasteiger charge is -2.15. The summed E-state index contributed by atoms with van der Waals surface area (Å²) < 4.78 is 4.38. The first-order valence-electron chi connectivity index (χ1n) is 5.90. The van der Waals surface area contributed by atoms with Crippen LogP contribution >= 0.6 is 11.5 Å². The monoisotopic (exact) mass is 240 g/mol. The van der Waals surface area contributed by atoms with Crippen LogP contribution in [0.1, 0.15) is 37.9 Å². The summed E-state index contributed by atoms with van der Waals surface area (Å²) in [6.45, 7) is 3.30. The Morgan fingerprint density at radius 1 is 1.50 bits per heavy atom. The Kier molecular flexibility index (Phi) is 3.76. The molecule has 1 aromatic heterocycles. The van der Waals surface area contributed by atoms with Gasteiger partial charge in [-0.25, -0.2) is 4.98 Å². The van der Waals surface area contributed by atoms with Gasteiger partial charge in [-0.05, 0) is 46.8 Å². The molecule has 2 rings (SSSR count). The average molecular weight is 240 g/mol. The summed E-state index contributed by atoms with van der Waals surface area (Å²) in [5.74, 6) is 1.70. The largest absolute Gasteiger partial charge is 0.358 e. The molecule has 0 radical (unpaired) electrons. The second-order valence-corrected chi connectivity index (χ2v) is 5.62. The van der Waals surface area contributed by atoms with E-state index in [1.165, 1.54) is 24.4 Å². The van der Waals surface area contributed by atoms with Crippen LogP contribution in [0.2, 0.25) is 0 Å². The van der Waals surface area contributed by atoms with Crippen molar-refractivity contribution >= 4 is 16.7 Å². The van der Waals surface area contributed by atoms with Gasteiger partial charge in [-0.2, -0.15) is 4.37 Å². The van der Waals surface area contributed by atoms with Crippen molar-refractivity contribution in [3.63, 3.8) is 0 Å². The molecule has 1 aromatic rings. The van der Waals surface area contributed by atoms with E-state index in [4.69, 9.17) is 0 Å². The van der Waals surface area contributed by atoms with E-state index in [1.54, 1.807) is 0 Å². The number of hydrogen-bond acceptors (Lipinski definition) is 5. The van der Waals surface area contributed by atoms with Crippen LogP contribution in [0.3, 0.4) is 0 Å². The van der Waals surface area contributed by atoms with Gasteiger partial charge < -0.3 is 10.2 Å². The fourth-order valence-corrected chi connectivity index (χ4v) is 2.29. The summed E-state index contributed by atoms with van der Waals surface area (Å²) in [4.78, 5) is 6.72. The lowest BCUT2D eigenvalue weighted by Crippen LogP contribution is -2.22. The molecule has 1 aliphatic carbocycles. The Bertz CT molecular complexity index is 332. The standard InChI is InChI=1S/C11H20N4S/c1-8(6-7-15(2)3)12-11-13-10(14-16-11)9-4-5-9/h8-9H,4-7H2,1-3H3,(H,12,13,14). The van der Waals surface area contributed by atoms with Crippen LogP contribution < -0.4 is 5.32 Å². The highest BCUT2D eigenvalue weighted by atomic mass is 32.1. The first kappa shape index (κ1) is 11.8. The van der Waals surface area contributed by atoms with Gasteiger partial charge in [-0.15, -0.1) is 0 Å². The summed E-state index contributed by atoms with van der Waals surface area (Å²) in [7, 11) is 4.20. The summed E-state index contributed by atoms with van der Waals surface area (Å²) in [5.41, 5.74) is 0. The third-order valence-corrected chi connectivity index (χ3v) is 3.42. The van der Waals surface area contributed by atoms with Crippen LogP contribution in [0.4, 0.5) is 5.13 Å². The number of rotatable bonds is 6. The molecule has 1 N–H and O–H groups in total. The molecule has 0 saturated heterocycles. The van der Waals surface area contributed by atoms with E-state index in [1.807, 2.05) is 0 Å². The molecular weight excluding hydrogens is 220 g/mol. The molecule has 5 heteroatoms. The van der Waals surface area contributed by atoms with Crippen LogP contribution in [-0.2, 0) is 0 Å². The average Bonchev–Trinajstić information content (AvgIpc) is 2.98. The van der Waals surface area contributed by atoms with E-state index < -0.39 is 0 Å². The summed E-state index contributed by atoms with van der Waals surface area (Å²) in [6.07, 6.45) is 3.67. The van der Waals surface area contributed by atoms with Gasteiger partial charge in [0.15, 0.2) is 0 Å². The van der Waals surface area contributed by atoms with Crippen molar-refractivity contribution in [2.45, 2.75) is 38.1 Å². The van der Waals surface area contributed by atoms with Crippen molar-refractivity contribution in [3.05, 3.63) is 5.82 Å². The molecule has 90 valence electrons. The zero-order chi connectivity index (χ0) is 11.5. The van der Waals surface area contributed by atoms with Gasteiger partial charge in [-0.3, -0.25) is 0 Å². The summed E-state index contributed by atoms with van der Waals surface area (Å²) in [5, 5.41) is 4.40. The highest BCUT2D eigenvalue weighted by molar-refractivity contribution is 7.09. The van der Waals surface area contributed by atoms with Gasteiger partial charge in [0.2, 0.25) is 5.13 Å². The third-order valence-electron chi connectivity index (χ3n) is 2.76. The maximum atomic E-state index is 4.52. The quantitative estimate of drug-likeness (QED) is 0.827. The Balaban J connectivity index is 1.78. The Morgan fingerprint density at radius 3 is 2.88 bits per heavy atom. The van der Waals surface area contributed by atoms with Crippen molar-refractivity contribution in [1.82, 2.24) is 14.3 Å². The van der Waals surface area contributed by atoms with Gasteiger partial charge in [0.25, 0.3) is 0 Å². The fraction of sp³-hybridized carbons (Fsp3) is 0.818. The predicted molar refractivity (Wildman–Crippen MR) is 68.1 cm³/mol. The predicted octanol–water partition coefficient (Wildman–Crippen LogP) is 2.17. The zero-order valence-corrected chi connectivity index (χ0v) is 11.0. The number of anilines is 1. The molecular formula is C11H20N4S. The van der Waals surface area contributed by atoms with Gasteiger partial charge in [0.1, 0.15) is 5.82 Å². The molecule has 1 atom stereocenters. The molecule has 1 heterocycles. The summed E-state index contributed by atoms with van der Waals surface area (Å²) >= 11 is 1.49. The zero-order valence-electron chi connectivity index (χ0n) is 10.2. The van der Waals surface area contributed by atoms with Crippen molar-refractivity contribution in [1.29, 1.82) is 0 Å². The van der Waals surface area contributed by atoms with E-state index in [2.05, 4.69) is 40.6 Å². The second-order valence-electron chi connectivity index (χ2n) is 4.87. The molecule has 1 fully saturated rings. The first-order chi connectivity index (χ1) is 7.65. The van der Waals surface area contributed by atoms with Gasteiger partial charge in [-0.1, -0.05) is 0 Å². The minimum atomic E-state index is 0.461. The highest BCUT2D eigenvalue weighted by Crippen LogP contribution is 2.39. The molecule has 4 nitrogen and oxygen atoms in total. The smallest absolute Gasteiger partial charge is 0.202 e. The van der Waals surface area contributed by atoms with Gasteiger partial charge in [0, 0.05) is 23.5 Å². The molecule has 0 spiro atoms. The maximum absolute atomic E-state index is 4.52. The second kappa shape index (κ2) is 5.10. The van der Waals surface area contributed by atoms with E-state index in [0.717, 1.165) is 23.9 Å². The minimum absolute atomic E-state index is 0.461. The van der Waals surface area contributed by atoms with Crippen LogP contribution in [-0.4, -0.2) is 40.9 Å². The van der Waals surface area contributed by atoms with E-state index in [-0.39, 0.29) is 0 Å². The van der Waals surface area contributed by atoms with Crippen molar-refractivity contribution in [2.75, 3.05) is 26.0 Å². The number of aromatic nitrogens is 2. The van der Waals surface area contributed by atoms with Gasteiger partial charge >= 0.3 is 0 Å². The molecule has 0 aliphatic heterocycles. The van der Waals surface area contributed by atoms with Crippen LogP contribution in [0.25, 0.3) is 0 Å². The van der Waals surface area contributed by atoms with E-state index in [9.17, 15) is 0 Å². The Labute approximate surface area is 101 Å². The van der Waals surface area contributed by atoms with E-state index >= 15 is 0 Å². The van der Waals surface area contributed by atoms with Crippen LogP contribution in [0.15, 0.2) is 0 Å². The molecule has 0 bridgehead atoms. The molecule has 1 saturated carbocycles. The number of nitrogens with zero attached hydrogens (tertiary/aromatic N) is 3. The third kappa shape index (κ3) is 3.42. The normalized spacial score (nSPS) is 17.8. The fourth-order valence-electron chi connectivity index (χ4n) is 1.54. The number of nitrogens with one attached hydrogen (secondary N) is 1. The number of hydrogen-bond donors (Lipinski definition) is 1. The van der Waals surface area contributed by atoms with E-state index in [0.29, 0.717) is 12.0 Å². The topological polar surface area (TPSA) is 41.0 Å². The SMILES string of the molecule is CC(CCN(C)C)Nc1nc(C2CC2)ns1. The van der Waals surface area contributed by atoms with Crippen molar-refractivity contribution in [3.8, 4) is 0 Å². The lowest BCUT2D eigenvalue weighted by atomic mass is 10.2. The molecule has 1 aliphatic rings. The van der Waals surface area contributed by atoms with Crippen LogP contribution in [0.5, 0.6) is 0 Å². The highest BCUT2D eigenvalue weighted by Gasteiger charge is 2.27. The molecule has 1 unspecified atom stereocenters. The lowest BCUT2D eigenvalue weighted by molar-refractivity contribution is 0.390. The molecule has 0 aromatic carbocycles. The van der Waals surface area contributed by atoms with Crippen LogP contribution in [0, 0.1) is 0 Å². The summed E-state index contributed by atoms with van der Waals surface area (Å²) in [6, 6.07) is 0.461. The van der Waals surface area contributed by atoms with Crippen molar-refractivity contribution in [2.24, 2.45) is 0 Å². The van der Waals surface area contributed by atoms with Crippen molar-refractivity contribution < 1.29 is 0 Å². The Hall–Kier alpha value is -0.680. The minimum Gasteiger partial charge on any atom is -0.358 e. The molecule has 16 heavy (non-hydrogen) atoms. The Morgan fingerprint density at radius 2 is 2.25 bits per heavy atom. The molecule has 0 amide bonds. The maximum Gasteiger partial charge on any atom is 0.202 e.